The molecule has 3 aromatic rings. The number of furan rings is 1. The average molecular weight is 353 g/mol. The third-order valence-electron chi connectivity index (χ3n) is 3.70. The van der Waals surface area contributed by atoms with Gasteiger partial charge in [-0.2, -0.15) is 0 Å². The second kappa shape index (κ2) is 8.06. The monoisotopic (exact) mass is 353 g/mol. The normalized spacial score (nSPS) is 10.2. The van der Waals surface area contributed by atoms with Gasteiger partial charge in [0.1, 0.15) is 23.1 Å². The van der Waals surface area contributed by atoms with E-state index in [9.17, 15) is 4.79 Å². The second-order valence-electron chi connectivity index (χ2n) is 5.38. The van der Waals surface area contributed by atoms with E-state index >= 15 is 0 Å². The number of hydrogen-bond acceptors (Lipinski definition) is 6. The number of anilines is 2. The summed E-state index contributed by atoms with van der Waals surface area (Å²) in [5.41, 5.74) is 1.03. The minimum Gasteiger partial charge on any atom is -0.497 e. The number of hydrogen-bond donors (Lipinski definition) is 2. The number of benzene rings is 1. The first-order valence-corrected chi connectivity index (χ1v) is 7.95. The third kappa shape index (κ3) is 4.13. The standard InChI is InChI=1S/C19H19N3O4/c1-24-14-5-6-16(17(11-14)25-2)22-19(23)13-7-8-20-18(10-13)21-12-15-4-3-9-26-15/h3-11H,12H2,1-2H3,(H,20,21)(H,22,23). The summed E-state index contributed by atoms with van der Waals surface area (Å²) in [6, 6.07) is 12.2. The molecule has 0 saturated heterocycles. The van der Waals surface area contributed by atoms with Crippen molar-refractivity contribution in [3.63, 3.8) is 0 Å². The van der Waals surface area contributed by atoms with Crippen molar-refractivity contribution < 1.29 is 18.7 Å². The fourth-order valence-corrected chi connectivity index (χ4v) is 2.36. The number of nitrogens with zero attached hydrogens (tertiary/aromatic N) is 1. The predicted octanol–water partition coefficient (Wildman–Crippen LogP) is 3.56. The van der Waals surface area contributed by atoms with Crippen LogP contribution in [0.4, 0.5) is 11.5 Å². The molecule has 7 nitrogen and oxygen atoms in total. The lowest BCUT2D eigenvalue weighted by Gasteiger charge is -2.12. The zero-order valence-corrected chi connectivity index (χ0v) is 14.5. The predicted molar refractivity (Wildman–Crippen MR) is 97.8 cm³/mol. The summed E-state index contributed by atoms with van der Waals surface area (Å²) in [7, 11) is 3.11. The van der Waals surface area contributed by atoms with Crippen LogP contribution in [0.3, 0.4) is 0 Å². The zero-order chi connectivity index (χ0) is 18.4. The molecule has 2 heterocycles. The van der Waals surface area contributed by atoms with Crippen LogP contribution >= 0.6 is 0 Å². The molecule has 0 aliphatic carbocycles. The highest BCUT2D eigenvalue weighted by Crippen LogP contribution is 2.29. The van der Waals surface area contributed by atoms with Gasteiger partial charge in [0.15, 0.2) is 0 Å². The number of rotatable bonds is 7. The lowest BCUT2D eigenvalue weighted by Crippen LogP contribution is -2.13. The van der Waals surface area contributed by atoms with E-state index in [2.05, 4.69) is 15.6 Å². The van der Waals surface area contributed by atoms with Crippen molar-refractivity contribution in [2.45, 2.75) is 6.54 Å². The Hall–Kier alpha value is -3.48. The van der Waals surface area contributed by atoms with Crippen LogP contribution < -0.4 is 20.1 Å². The van der Waals surface area contributed by atoms with Gasteiger partial charge in [0.05, 0.1) is 32.7 Å². The summed E-state index contributed by atoms with van der Waals surface area (Å²) in [5.74, 6) is 2.26. The molecular formula is C19H19N3O4. The van der Waals surface area contributed by atoms with Crippen molar-refractivity contribution in [3.05, 3.63) is 66.2 Å². The molecule has 0 radical (unpaired) electrons. The lowest BCUT2D eigenvalue weighted by molar-refractivity contribution is 0.102. The van der Waals surface area contributed by atoms with Gasteiger partial charge in [-0.3, -0.25) is 4.79 Å². The summed E-state index contributed by atoms with van der Waals surface area (Å²) in [5, 5.41) is 5.95. The molecule has 2 N–H and O–H groups in total. The number of aromatic nitrogens is 1. The van der Waals surface area contributed by atoms with E-state index in [1.807, 2.05) is 12.1 Å². The maximum atomic E-state index is 12.5. The zero-order valence-electron chi connectivity index (χ0n) is 14.5. The molecule has 2 aromatic heterocycles. The van der Waals surface area contributed by atoms with Crippen LogP contribution in [0, 0.1) is 0 Å². The van der Waals surface area contributed by atoms with Crippen LogP contribution in [0.15, 0.2) is 59.3 Å². The van der Waals surface area contributed by atoms with Gasteiger partial charge in [0.2, 0.25) is 0 Å². The first-order chi connectivity index (χ1) is 12.7. The van der Waals surface area contributed by atoms with Crippen LogP contribution in [0.25, 0.3) is 0 Å². The lowest BCUT2D eigenvalue weighted by atomic mass is 10.2. The number of carbonyl (C=O) groups is 1. The van der Waals surface area contributed by atoms with Crippen molar-refractivity contribution in [1.82, 2.24) is 4.98 Å². The molecule has 0 aliphatic rings. The van der Waals surface area contributed by atoms with Crippen LogP contribution in [0.2, 0.25) is 0 Å². The molecule has 1 amide bonds. The Morgan fingerprint density at radius 1 is 1.15 bits per heavy atom. The Labute approximate surface area is 151 Å². The van der Waals surface area contributed by atoms with Gasteiger partial charge in [0.25, 0.3) is 5.91 Å². The number of methoxy groups -OCH3 is 2. The van der Waals surface area contributed by atoms with Gasteiger partial charge < -0.3 is 24.5 Å². The molecule has 0 fully saturated rings. The average Bonchev–Trinajstić information content (AvgIpc) is 3.20. The molecule has 1 aromatic carbocycles. The van der Waals surface area contributed by atoms with Crippen LogP contribution in [0.5, 0.6) is 11.5 Å². The summed E-state index contributed by atoms with van der Waals surface area (Å²) < 4.78 is 15.7. The molecule has 0 saturated carbocycles. The van der Waals surface area contributed by atoms with E-state index in [1.165, 1.54) is 7.11 Å². The van der Waals surface area contributed by atoms with E-state index in [1.54, 1.807) is 49.9 Å². The first kappa shape index (κ1) is 17.3. The molecule has 134 valence electrons. The van der Waals surface area contributed by atoms with Crippen LogP contribution in [-0.4, -0.2) is 25.1 Å². The molecule has 26 heavy (non-hydrogen) atoms. The van der Waals surface area contributed by atoms with Gasteiger partial charge in [-0.1, -0.05) is 0 Å². The van der Waals surface area contributed by atoms with Gasteiger partial charge in [-0.05, 0) is 36.4 Å². The molecule has 0 aliphatic heterocycles. The minimum absolute atomic E-state index is 0.267. The number of amides is 1. The maximum Gasteiger partial charge on any atom is 0.255 e. The number of pyridine rings is 1. The van der Waals surface area contributed by atoms with Gasteiger partial charge in [-0.25, -0.2) is 4.98 Å². The van der Waals surface area contributed by atoms with Crippen molar-refractivity contribution in [2.75, 3.05) is 24.9 Å². The maximum absolute atomic E-state index is 12.5. The topological polar surface area (TPSA) is 85.6 Å². The summed E-state index contributed by atoms with van der Waals surface area (Å²) >= 11 is 0. The van der Waals surface area contributed by atoms with Crippen molar-refractivity contribution in [1.29, 1.82) is 0 Å². The molecule has 3 rings (SSSR count). The number of ether oxygens (including phenoxy) is 2. The largest absolute Gasteiger partial charge is 0.497 e. The van der Waals surface area contributed by atoms with Gasteiger partial charge in [0, 0.05) is 17.8 Å². The number of nitrogens with one attached hydrogen (secondary N) is 2. The van der Waals surface area contributed by atoms with E-state index in [0.717, 1.165) is 5.76 Å². The van der Waals surface area contributed by atoms with Crippen molar-refractivity contribution in [2.24, 2.45) is 0 Å². The Balaban J connectivity index is 1.71. The second-order valence-corrected chi connectivity index (χ2v) is 5.38. The minimum atomic E-state index is -0.267. The molecule has 7 heteroatoms. The quantitative estimate of drug-likeness (QED) is 0.675. The molecule has 0 unspecified atom stereocenters. The smallest absolute Gasteiger partial charge is 0.255 e. The van der Waals surface area contributed by atoms with Gasteiger partial charge in [-0.15, -0.1) is 0 Å². The third-order valence-corrected chi connectivity index (χ3v) is 3.70. The van der Waals surface area contributed by atoms with Gasteiger partial charge >= 0.3 is 0 Å². The summed E-state index contributed by atoms with van der Waals surface area (Å²) in [6.07, 6.45) is 3.18. The van der Waals surface area contributed by atoms with E-state index < -0.39 is 0 Å². The highest BCUT2D eigenvalue weighted by molar-refractivity contribution is 6.05. The van der Waals surface area contributed by atoms with Crippen molar-refractivity contribution >= 4 is 17.4 Å². The molecular weight excluding hydrogens is 334 g/mol. The highest BCUT2D eigenvalue weighted by Gasteiger charge is 2.12. The van der Waals surface area contributed by atoms with E-state index in [0.29, 0.717) is 35.1 Å². The molecule has 0 bridgehead atoms. The summed E-state index contributed by atoms with van der Waals surface area (Å²) in [6.45, 7) is 0.484. The number of carbonyl (C=O) groups excluding carboxylic acids is 1. The highest BCUT2D eigenvalue weighted by atomic mass is 16.5. The van der Waals surface area contributed by atoms with E-state index in [4.69, 9.17) is 13.9 Å². The van der Waals surface area contributed by atoms with Crippen molar-refractivity contribution in [3.8, 4) is 11.5 Å². The Kier molecular flexibility index (Phi) is 5.38. The molecule has 0 spiro atoms. The SMILES string of the molecule is COc1ccc(NC(=O)c2ccnc(NCc3ccco3)c2)c(OC)c1. The van der Waals surface area contributed by atoms with Crippen LogP contribution in [0.1, 0.15) is 16.1 Å². The Morgan fingerprint density at radius 3 is 2.77 bits per heavy atom. The molecule has 0 atom stereocenters. The van der Waals surface area contributed by atoms with E-state index in [-0.39, 0.29) is 5.91 Å². The first-order valence-electron chi connectivity index (χ1n) is 7.95. The fourth-order valence-electron chi connectivity index (χ4n) is 2.36. The van der Waals surface area contributed by atoms with Crippen LogP contribution in [-0.2, 0) is 6.54 Å². The fraction of sp³-hybridized carbons (Fsp3) is 0.158. The summed E-state index contributed by atoms with van der Waals surface area (Å²) in [4.78, 5) is 16.8. The Morgan fingerprint density at radius 2 is 2.04 bits per heavy atom. The Bertz CT molecular complexity index is 878.